The van der Waals surface area contributed by atoms with E-state index < -0.39 is 0 Å². The zero-order chi connectivity index (χ0) is 10.3. The summed E-state index contributed by atoms with van der Waals surface area (Å²) in [6, 6.07) is 8.98. The van der Waals surface area contributed by atoms with Crippen molar-refractivity contribution in [3.05, 3.63) is 29.8 Å². The maximum Gasteiger partial charge on any atom is 0.119 e. The highest BCUT2D eigenvalue weighted by atomic mass is 16.5. The molecule has 2 aliphatic rings. The van der Waals surface area contributed by atoms with E-state index in [2.05, 4.69) is 23.5 Å². The van der Waals surface area contributed by atoms with Crippen molar-refractivity contribution in [2.75, 3.05) is 13.7 Å². The Balaban J connectivity index is 1.78. The molecule has 2 nitrogen and oxygen atoms in total. The van der Waals surface area contributed by atoms with Gasteiger partial charge in [-0.1, -0.05) is 12.1 Å². The maximum atomic E-state index is 5.26. The minimum atomic E-state index is 0.545. The summed E-state index contributed by atoms with van der Waals surface area (Å²) >= 11 is 0. The second-order valence-electron chi connectivity index (χ2n) is 4.73. The Morgan fingerprint density at radius 3 is 3.00 bits per heavy atom. The number of benzene rings is 1. The Hall–Kier alpha value is -1.02. The van der Waals surface area contributed by atoms with E-state index in [0.29, 0.717) is 6.04 Å². The third-order valence-electron chi connectivity index (χ3n) is 3.73. The van der Waals surface area contributed by atoms with Crippen molar-refractivity contribution >= 4 is 0 Å². The van der Waals surface area contributed by atoms with Crippen LogP contribution in [0.1, 0.15) is 24.4 Å². The Kier molecular flexibility index (Phi) is 2.17. The molecule has 0 bridgehead atoms. The maximum absolute atomic E-state index is 5.26. The van der Waals surface area contributed by atoms with Gasteiger partial charge in [-0.3, -0.25) is 0 Å². The summed E-state index contributed by atoms with van der Waals surface area (Å²) in [5, 5.41) is 3.62. The molecule has 0 aromatic heterocycles. The highest BCUT2D eigenvalue weighted by Gasteiger charge is 2.42. The zero-order valence-electron chi connectivity index (χ0n) is 9.07. The molecule has 1 aromatic rings. The summed E-state index contributed by atoms with van der Waals surface area (Å²) in [6.07, 6.45) is 2.74. The lowest BCUT2D eigenvalue weighted by atomic mass is 9.97. The van der Waals surface area contributed by atoms with Crippen LogP contribution < -0.4 is 10.1 Å². The topological polar surface area (TPSA) is 21.3 Å². The molecular weight excluding hydrogens is 186 g/mol. The highest BCUT2D eigenvalue weighted by Crippen LogP contribution is 2.47. The standard InChI is InChI=1S/C13H17NO/c1-15-12-4-2-3-9(6-12)13-7-10-5-11(10)8-14-13/h2-4,6,10-11,13-14H,5,7-8H2,1H3. The van der Waals surface area contributed by atoms with Crippen LogP contribution in [0.4, 0.5) is 0 Å². The summed E-state index contributed by atoms with van der Waals surface area (Å²) < 4.78 is 5.26. The first-order valence-electron chi connectivity index (χ1n) is 5.74. The SMILES string of the molecule is COc1cccc(C2CC3CC3CN2)c1. The number of piperidine rings is 1. The smallest absolute Gasteiger partial charge is 0.119 e. The molecule has 3 unspecified atom stereocenters. The van der Waals surface area contributed by atoms with Crippen molar-refractivity contribution in [1.82, 2.24) is 5.32 Å². The van der Waals surface area contributed by atoms with Crippen LogP contribution in [0.25, 0.3) is 0 Å². The van der Waals surface area contributed by atoms with Crippen LogP contribution in [0.5, 0.6) is 5.75 Å². The minimum Gasteiger partial charge on any atom is -0.497 e. The van der Waals surface area contributed by atoms with Gasteiger partial charge in [0.1, 0.15) is 5.75 Å². The van der Waals surface area contributed by atoms with E-state index in [1.54, 1.807) is 7.11 Å². The van der Waals surface area contributed by atoms with Gasteiger partial charge in [-0.25, -0.2) is 0 Å². The first kappa shape index (κ1) is 9.22. The van der Waals surface area contributed by atoms with E-state index in [0.717, 1.165) is 17.6 Å². The van der Waals surface area contributed by atoms with Crippen LogP contribution in [-0.4, -0.2) is 13.7 Å². The van der Waals surface area contributed by atoms with Crippen LogP contribution >= 0.6 is 0 Å². The molecule has 0 radical (unpaired) electrons. The molecule has 1 saturated carbocycles. The van der Waals surface area contributed by atoms with Crippen molar-refractivity contribution < 1.29 is 4.74 Å². The first-order valence-corrected chi connectivity index (χ1v) is 5.74. The Morgan fingerprint density at radius 2 is 2.20 bits per heavy atom. The molecule has 1 saturated heterocycles. The van der Waals surface area contributed by atoms with E-state index in [9.17, 15) is 0 Å². The molecule has 0 amide bonds. The van der Waals surface area contributed by atoms with Gasteiger partial charge in [0.25, 0.3) is 0 Å². The summed E-state index contributed by atoms with van der Waals surface area (Å²) in [5.74, 6) is 2.93. The lowest BCUT2D eigenvalue weighted by Crippen LogP contribution is -2.28. The zero-order valence-corrected chi connectivity index (χ0v) is 9.07. The largest absolute Gasteiger partial charge is 0.497 e. The normalized spacial score (nSPS) is 33.3. The van der Waals surface area contributed by atoms with Gasteiger partial charge in [0.2, 0.25) is 0 Å². The van der Waals surface area contributed by atoms with Crippen molar-refractivity contribution in [3.8, 4) is 5.75 Å². The van der Waals surface area contributed by atoms with Crippen LogP contribution in [-0.2, 0) is 0 Å². The van der Waals surface area contributed by atoms with E-state index in [1.807, 2.05) is 6.07 Å². The number of hydrogen-bond acceptors (Lipinski definition) is 2. The van der Waals surface area contributed by atoms with Gasteiger partial charge >= 0.3 is 0 Å². The van der Waals surface area contributed by atoms with Crippen LogP contribution in [0.2, 0.25) is 0 Å². The van der Waals surface area contributed by atoms with E-state index in [1.165, 1.54) is 24.9 Å². The van der Waals surface area contributed by atoms with Gasteiger partial charge in [0.15, 0.2) is 0 Å². The Morgan fingerprint density at radius 1 is 1.27 bits per heavy atom. The molecule has 15 heavy (non-hydrogen) atoms. The molecule has 2 fully saturated rings. The number of ether oxygens (including phenoxy) is 1. The van der Waals surface area contributed by atoms with Gasteiger partial charge < -0.3 is 10.1 Å². The molecule has 80 valence electrons. The van der Waals surface area contributed by atoms with Gasteiger partial charge in [0, 0.05) is 6.04 Å². The van der Waals surface area contributed by atoms with Gasteiger partial charge in [-0.15, -0.1) is 0 Å². The summed E-state index contributed by atoms with van der Waals surface area (Å²) in [5.41, 5.74) is 1.37. The molecule has 3 atom stereocenters. The molecule has 1 N–H and O–H groups in total. The fourth-order valence-electron chi connectivity index (χ4n) is 2.64. The first-order chi connectivity index (χ1) is 7.36. The molecule has 3 rings (SSSR count). The molecular formula is C13H17NO. The number of rotatable bonds is 2. The molecule has 2 heteroatoms. The fourth-order valence-corrected chi connectivity index (χ4v) is 2.64. The predicted molar refractivity (Wildman–Crippen MR) is 60.0 cm³/mol. The van der Waals surface area contributed by atoms with Gasteiger partial charge in [-0.05, 0) is 48.9 Å². The summed E-state index contributed by atoms with van der Waals surface area (Å²) in [7, 11) is 1.73. The third-order valence-corrected chi connectivity index (χ3v) is 3.73. The average Bonchev–Trinajstić information content (AvgIpc) is 3.07. The predicted octanol–water partition coefficient (Wildman–Crippen LogP) is 2.37. The van der Waals surface area contributed by atoms with Crippen LogP contribution in [0, 0.1) is 11.8 Å². The number of hydrogen-bond donors (Lipinski definition) is 1. The van der Waals surface area contributed by atoms with Gasteiger partial charge in [-0.2, -0.15) is 0 Å². The lowest BCUT2D eigenvalue weighted by Gasteiger charge is -2.23. The summed E-state index contributed by atoms with van der Waals surface area (Å²) in [4.78, 5) is 0. The number of fused-ring (bicyclic) bond motifs is 1. The highest BCUT2D eigenvalue weighted by molar-refractivity contribution is 5.31. The van der Waals surface area contributed by atoms with Crippen LogP contribution in [0.3, 0.4) is 0 Å². The van der Waals surface area contributed by atoms with E-state index in [-0.39, 0.29) is 0 Å². The summed E-state index contributed by atoms with van der Waals surface area (Å²) in [6.45, 7) is 1.20. The number of nitrogens with one attached hydrogen (secondary N) is 1. The van der Waals surface area contributed by atoms with E-state index in [4.69, 9.17) is 4.74 Å². The minimum absolute atomic E-state index is 0.545. The lowest BCUT2D eigenvalue weighted by molar-refractivity contribution is 0.389. The quantitative estimate of drug-likeness (QED) is 0.796. The third kappa shape index (κ3) is 1.74. The fraction of sp³-hybridized carbons (Fsp3) is 0.538. The second-order valence-corrected chi connectivity index (χ2v) is 4.73. The molecule has 1 aliphatic heterocycles. The molecule has 0 spiro atoms. The molecule has 1 heterocycles. The average molecular weight is 203 g/mol. The molecule has 1 aromatic carbocycles. The van der Waals surface area contributed by atoms with Gasteiger partial charge in [0.05, 0.1) is 7.11 Å². The van der Waals surface area contributed by atoms with Crippen molar-refractivity contribution in [1.29, 1.82) is 0 Å². The van der Waals surface area contributed by atoms with Crippen LogP contribution in [0.15, 0.2) is 24.3 Å². The second kappa shape index (κ2) is 3.53. The Bertz CT molecular complexity index is 363. The molecule has 1 aliphatic carbocycles. The Labute approximate surface area is 90.6 Å². The van der Waals surface area contributed by atoms with E-state index >= 15 is 0 Å². The monoisotopic (exact) mass is 203 g/mol. The number of methoxy groups -OCH3 is 1. The van der Waals surface area contributed by atoms with Crippen molar-refractivity contribution in [2.45, 2.75) is 18.9 Å². The van der Waals surface area contributed by atoms with Crippen molar-refractivity contribution in [2.24, 2.45) is 11.8 Å². The van der Waals surface area contributed by atoms with Crippen molar-refractivity contribution in [3.63, 3.8) is 0 Å².